The highest BCUT2D eigenvalue weighted by atomic mass is 79.9. The van der Waals surface area contributed by atoms with Crippen LogP contribution >= 0.6 is 15.9 Å². The predicted molar refractivity (Wildman–Crippen MR) is 75.4 cm³/mol. The largest absolute Gasteiger partial charge is 0.493 e. The molecule has 0 heterocycles. The van der Waals surface area contributed by atoms with Crippen LogP contribution in [0.15, 0.2) is 21.7 Å². The van der Waals surface area contributed by atoms with Gasteiger partial charge in [0.2, 0.25) is 0 Å². The molecule has 5 heteroatoms. The highest BCUT2D eigenvalue weighted by Gasteiger charge is 2.20. The van der Waals surface area contributed by atoms with Crippen molar-refractivity contribution in [2.45, 2.75) is 31.8 Å². The van der Waals surface area contributed by atoms with Crippen LogP contribution in [0.2, 0.25) is 0 Å². The molecule has 2 N–H and O–H groups in total. The third-order valence-corrected chi connectivity index (χ3v) is 3.65. The highest BCUT2D eigenvalue weighted by Crippen LogP contribution is 2.38. The number of hydrazone groups is 1. The van der Waals surface area contributed by atoms with Crippen LogP contribution in [0.3, 0.4) is 0 Å². The second-order valence-electron chi connectivity index (χ2n) is 4.34. The van der Waals surface area contributed by atoms with E-state index in [1.807, 2.05) is 12.1 Å². The molecular formula is C13H17BrN2O2. The molecule has 4 nitrogen and oxygen atoms in total. The topological polar surface area (TPSA) is 56.8 Å². The van der Waals surface area contributed by atoms with Crippen LogP contribution in [0.25, 0.3) is 0 Å². The van der Waals surface area contributed by atoms with Gasteiger partial charge in [-0.2, -0.15) is 5.10 Å². The molecule has 0 aromatic heterocycles. The average Bonchev–Trinajstić information content (AvgIpc) is 2.85. The van der Waals surface area contributed by atoms with Crippen molar-refractivity contribution in [1.29, 1.82) is 0 Å². The number of halogens is 1. The fourth-order valence-electron chi connectivity index (χ4n) is 2.19. The Morgan fingerprint density at radius 1 is 1.39 bits per heavy atom. The SMILES string of the molecule is COc1cc(C=NN)cc(Br)c1OC1CCCC1. The van der Waals surface area contributed by atoms with Gasteiger partial charge in [0.05, 0.1) is 23.9 Å². The summed E-state index contributed by atoms with van der Waals surface area (Å²) in [6.45, 7) is 0. The van der Waals surface area contributed by atoms with Gasteiger partial charge in [0, 0.05) is 0 Å². The molecule has 0 spiro atoms. The first-order valence-electron chi connectivity index (χ1n) is 6.02. The van der Waals surface area contributed by atoms with Crippen molar-refractivity contribution in [2.24, 2.45) is 10.9 Å². The van der Waals surface area contributed by atoms with Crippen LogP contribution in [0.5, 0.6) is 11.5 Å². The number of rotatable bonds is 4. The van der Waals surface area contributed by atoms with Gasteiger partial charge in [0.25, 0.3) is 0 Å². The molecule has 0 atom stereocenters. The molecular weight excluding hydrogens is 296 g/mol. The van der Waals surface area contributed by atoms with Crippen molar-refractivity contribution in [3.8, 4) is 11.5 Å². The molecule has 1 aromatic rings. The Labute approximate surface area is 115 Å². The lowest BCUT2D eigenvalue weighted by Crippen LogP contribution is -2.12. The Morgan fingerprint density at radius 3 is 2.72 bits per heavy atom. The van der Waals surface area contributed by atoms with E-state index in [0.29, 0.717) is 11.9 Å². The van der Waals surface area contributed by atoms with Crippen LogP contribution < -0.4 is 15.3 Å². The molecule has 0 amide bonds. The lowest BCUT2D eigenvalue weighted by atomic mass is 10.2. The number of ether oxygens (including phenoxy) is 2. The summed E-state index contributed by atoms with van der Waals surface area (Å²) in [4.78, 5) is 0. The fraction of sp³-hybridized carbons (Fsp3) is 0.462. The molecule has 18 heavy (non-hydrogen) atoms. The minimum atomic E-state index is 0.296. The van der Waals surface area contributed by atoms with E-state index in [9.17, 15) is 0 Å². The van der Waals surface area contributed by atoms with E-state index in [-0.39, 0.29) is 0 Å². The van der Waals surface area contributed by atoms with Gasteiger partial charge in [0.1, 0.15) is 0 Å². The van der Waals surface area contributed by atoms with Gasteiger partial charge in [-0.15, -0.1) is 0 Å². The van der Waals surface area contributed by atoms with Crippen LogP contribution in [-0.4, -0.2) is 19.4 Å². The molecule has 1 aliphatic carbocycles. The molecule has 98 valence electrons. The summed E-state index contributed by atoms with van der Waals surface area (Å²) < 4.78 is 12.2. The maximum absolute atomic E-state index is 6.01. The molecule has 0 aliphatic heterocycles. The molecule has 1 aliphatic rings. The summed E-state index contributed by atoms with van der Waals surface area (Å²) in [7, 11) is 1.63. The molecule has 1 aromatic carbocycles. The van der Waals surface area contributed by atoms with Gasteiger partial charge in [-0.05, 0) is 59.3 Å². The van der Waals surface area contributed by atoms with Gasteiger partial charge in [0.15, 0.2) is 11.5 Å². The molecule has 0 radical (unpaired) electrons. The normalized spacial score (nSPS) is 16.3. The van der Waals surface area contributed by atoms with E-state index >= 15 is 0 Å². The lowest BCUT2D eigenvalue weighted by molar-refractivity contribution is 0.199. The zero-order chi connectivity index (χ0) is 13.0. The molecule has 2 rings (SSSR count). The number of nitrogens with zero attached hydrogens (tertiary/aromatic N) is 1. The van der Waals surface area contributed by atoms with Gasteiger partial charge >= 0.3 is 0 Å². The van der Waals surface area contributed by atoms with E-state index in [1.165, 1.54) is 12.8 Å². The third kappa shape index (κ3) is 2.96. The van der Waals surface area contributed by atoms with Crippen molar-refractivity contribution in [3.63, 3.8) is 0 Å². The van der Waals surface area contributed by atoms with Crippen molar-refractivity contribution in [2.75, 3.05) is 7.11 Å². The molecule has 0 unspecified atom stereocenters. The standard InChI is InChI=1S/C13H17BrN2O2/c1-17-12-7-9(8-16-15)6-11(14)13(12)18-10-4-2-3-5-10/h6-8,10H,2-5,15H2,1H3. The Balaban J connectivity index is 2.27. The summed E-state index contributed by atoms with van der Waals surface area (Å²) in [5, 5.41) is 3.51. The summed E-state index contributed by atoms with van der Waals surface area (Å²) in [6.07, 6.45) is 6.57. The quantitative estimate of drug-likeness (QED) is 0.528. The molecule has 0 saturated heterocycles. The van der Waals surface area contributed by atoms with Crippen molar-refractivity contribution in [1.82, 2.24) is 0 Å². The predicted octanol–water partition coefficient (Wildman–Crippen LogP) is 3.07. The number of hydrogen-bond donors (Lipinski definition) is 1. The zero-order valence-corrected chi connectivity index (χ0v) is 11.9. The first-order valence-corrected chi connectivity index (χ1v) is 6.81. The fourth-order valence-corrected chi connectivity index (χ4v) is 2.74. The van der Waals surface area contributed by atoms with Crippen molar-refractivity contribution >= 4 is 22.1 Å². The summed E-state index contributed by atoms with van der Waals surface area (Å²) in [5.74, 6) is 6.62. The van der Waals surface area contributed by atoms with E-state index < -0.39 is 0 Å². The maximum atomic E-state index is 6.01. The Morgan fingerprint density at radius 2 is 2.11 bits per heavy atom. The summed E-state index contributed by atoms with van der Waals surface area (Å²) in [5.41, 5.74) is 0.875. The van der Waals surface area contributed by atoms with Gasteiger partial charge < -0.3 is 15.3 Å². The first kappa shape index (κ1) is 13.2. The average molecular weight is 313 g/mol. The third-order valence-electron chi connectivity index (χ3n) is 3.06. The first-order chi connectivity index (χ1) is 8.74. The summed E-state index contributed by atoms with van der Waals surface area (Å²) in [6, 6.07) is 3.79. The summed E-state index contributed by atoms with van der Waals surface area (Å²) >= 11 is 3.51. The van der Waals surface area contributed by atoms with Crippen LogP contribution in [-0.2, 0) is 0 Å². The van der Waals surface area contributed by atoms with Crippen LogP contribution in [0.4, 0.5) is 0 Å². The molecule has 1 fully saturated rings. The molecule has 0 bridgehead atoms. The zero-order valence-electron chi connectivity index (χ0n) is 10.4. The van der Waals surface area contributed by atoms with E-state index in [4.69, 9.17) is 15.3 Å². The Bertz CT molecular complexity index is 443. The second kappa shape index (κ2) is 6.09. The smallest absolute Gasteiger partial charge is 0.175 e. The maximum Gasteiger partial charge on any atom is 0.175 e. The Kier molecular flexibility index (Phi) is 4.47. The lowest BCUT2D eigenvalue weighted by Gasteiger charge is -2.17. The monoisotopic (exact) mass is 312 g/mol. The number of hydrogen-bond acceptors (Lipinski definition) is 4. The minimum absolute atomic E-state index is 0.296. The molecule has 1 saturated carbocycles. The highest BCUT2D eigenvalue weighted by molar-refractivity contribution is 9.10. The Hall–Kier alpha value is -1.23. The van der Waals surface area contributed by atoms with Crippen LogP contribution in [0, 0.1) is 0 Å². The number of methoxy groups -OCH3 is 1. The van der Waals surface area contributed by atoms with Gasteiger partial charge in [-0.3, -0.25) is 0 Å². The van der Waals surface area contributed by atoms with Crippen LogP contribution in [0.1, 0.15) is 31.2 Å². The number of nitrogens with two attached hydrogens (primary N) is 1. The van der Waals surface area contributed by atoms with E-state index in [2.05, 4.69) is 21.0 Å². The van der Waals surface area contributed by atoms with E-state index in [1.54, 1.807) is 13.3 Å². The van der Waals surface area contributed by atoms with Crippen molar-refractivity contribution < 1.29 is 9.47 Å². The second-order valence-corrected chi connectivity index (χ2v) is 5.19. The van der Waals surface area contributed by atoms with Gasteiger partial charge in [-0.1, -0.05) is 0 Å². The van der Waals surface area contributed by atoms with Gasteiger partial charge in [-0.25, -0.2) is 0 Å². The van der Waals surface area contributed by atoms with Crippen molar-refractivity contribution in [3.05, 3.63) is 22.2 Å². The minimum Gasteiger partial charge on any atom is -0.493 e. The number of benzene rings is 1. The van der Waals surface area contributed by atoms with E-state index in [0.717, 1.165) is 28.6 Å².